The molecule has 1 amide bonds. The Morgan fingerprint density at radius 2 is 1.56 bits per heavy atom. The quantitative estimate of drug-likeness (QED) is 0.739. The number of amides is 1. The number of anilines is 1. The van der Waals surface area contributed by atoms with Crippen molar-refractivity contribution < 1.29 is 4.79 Å². The maximum atomic E-state index is 12.5. The van der Waals surface area contributed by atoms with Gasteiger partial charge in [-0.05, 0) is 17.7 Å². The molecule has 4 rings (SSSR count). The topological polar surface area (TPSA) is 49.3 Å². The molecule has 0 bridgehead atoms. The lowest BCUT2D eigenvalue weighted by Crippen LogP contribution is -2.49. The molecule has 1 saturated heterocycles. The van der Waals surface area contributed by atoms with Crippen LogP contribution in [0.3, 0.4) is 0 Å². The van der Waals surface area contributed by atoms with Crippen LogP contribution in [0.25, 0.3) is 11.0 Å². The molecule has 0 unspecified atom stereocenters. The third kappa shape index (κ3) is 3.45. The second-order valence-electron chi connectivity index (χ2n) is 6.25. The number of piperazine rings is 1. The molecule has 0 radical (unpaired) electrons. The van der Waals surface area contributed by atoms with Crippen LogP contribution in [0.15, 0.2) is 60.8 Å². The van der Waals surface area contributed by atoms with Crippen LogP contribution in [0.1, 0.15) is 5.56 Å². The first-order valence-electron chi connectivity index (χ1n) is 8.58. The molecule has 2 heterocycles. The fraction of sp³-hybridized carbons (Fsp3) is 0.250. The van der Waals surface area contributed by atoms with Crippen molar-refractivity contribution in [3.05, 3.63) is 66.4 Å². The molecule has 5 nitrogen and oxygen atoms in total. The zero-order chi connectivity index (χ0) is 17.1. The highest BCUT2D eigenvalue weighted by Crippen LogP contribution is 2.17. The highest BCUT2D eigenvalue weighted by molar-refractivity contribution is 5.79. The number of para-hydroxylation sites is 2. The molecule has 2 aromatic carbocycles. The first kappa shape index (κ1) is 15.6. The summed E-state index contributed by atoms with van der Waals surface area (Å²) in [4.78, 5) is 25.8. The molecule has 25 heavy (non-hydrogen) atoms. The summed E-state index contributed by atoms with van der Waals surface area (Å²) in [5.41, 5.74) is 2.88. The van der Waals surface area contributed by atoms with Crippen LogP contribution in [0, 0.1) is 0 Å². The highest BCUT2D eigenvalue weighted by Gasteiger charge is 2.22. The minimum absolute atomic E-state index is 0.190. The summed E-state index contributed by atoms with van der Waals surface area (Å²) < 4.78 is 0. The summed E-state index contributed by atoms with van der Waals surface area (Å²) in [6.07, 6.45) is 2.29. The average Bonchev–Trinajstić information content (AvgIpc) is 2.68. The molecule has 0 aliphatic carbocycles. The zero-order valence-corrected chi connectivity index (χ0v) is 14.0. The minimum Gasteiger partial charge on any atom is -0.352 e. The van der Waals surface area contributed by atoms with Gasteiger partial charge >= 0.3 is 0 Å². The Kier molecular flexibility index (Phi) is 4.29. The van der Waals surface area contributed by atoms with Crippen molar-refractivity contribution in [3.8, 4) is 0 Å². The molecule has 1 aromatic heterocycles. The van der Waals surface area contributed by atoms with Gasteiger partial charge in [0.05, 0.1) is 23.7 Å². The van der Waals surface area contributed by atoms with Crippen molar-refractivity contribution in [1.82, 2.24) is 14.9 Å². The molecule has 3 aromatic rings. The Morgan fingerprint density at radius 1 is 0.880 bits per heavy atom. The van der Waals surface area contributed by atoms with E-state index in [0.29, 0.717) is 6.42 Å². The second kappa shape index (κ2) is 6.89. The molecule has 1 aliphatic rings. The van der Waals surface area contributed by atoms with Crippen LogP contribution >= 0.6 is 0 Å². The van der Waals surface area contributed by atoms with E-state index >= 15 is 0 Å². The van der Waals surface area contributed by atoms with Gasteiger partial charge in [-0.15, -0.1) is 0 Å². The maximum absolute atomic E-state index is 12.5. The van der Waals surface area contributed by atoms with Gasteiger partial charge in [0, 0.05) is 26.2 Å². The molecule has 0 saturated carbocycles. The largest absolute Gasteiger partial charge is 0.352 e. The first-order valence-corrected chi connectivity index (χ1v) is 8.58. The lowest BCUT2D eigenvalue weighted by atomic mass is 10.1. The number of rotatable bonds is 3. The van der Waals surface area contributed by atoms with Gasteiger partial charge in [0.25, 0.3) is 0 Å². The number of carbonyl (C=O) groups excluding carboxylic acids is 1. The SMILES string of the molecule is O=C(Cc1ccccc1)N1CCN(c2cnc3ccccc3n2)CC1. The van der Waals surface area contributed by atoms with Crippen LogP contribution in [-0.2, 0) is 11.2 Å². The van der Waals surface area contributed by atoms with Gasteiger partial charge < -0.3 is 9.80 Å². The lowest BCUT2D eigenvalue weighted by Gasteiger charge is -2.35. The van der Waals surface area contributed by atoms with Gasteiger partial charge in [0.1, 0.15) is 5.82 Å². The summed E-state index contributed by atoms with van der Waals surface area (Å²) in [5.74, 6) is 1.07. The fourth-order valence-corrected chi connectivity index (χ4v) is 3.17. The number of fused-ring (bicyclic) bond motifs is 1. The smallest absolute Gasteiger partial charge is 0.227 e. The Labute approximate surface area is 146 Å². The van der Waals surface area contributed by atoms with E-state index in [-0.39, 0.29) is 5.91 Å². The van der Waals surface area contributed by atoms with Crippen molar-refractivity contribution in [2.45, 2.75) is 6.42 Å². The lowest BCUT2D eigenvalue weighted by molar-refractivity contribution is -0.130. The summed E-state index contributed by atoms with van der Waals surface area (Å²) in [7, 11) is 0. The standard InChI is InChI=1S/C20H20N4O/c25-20(14-16-6-2-1-3-7-16)24-12-10-23(11-13-24)19-15-21-17-8-4-5-9-18(17)22-19/h1-9,15H,10-14H2. The Morgan fingerprint density at radius 3 is 2.32 bits per heavy atom. The maximum Gasteiger partial charge on any atom is 0.227 e. The summed E-state index contributed by atoms with van der Waals surface area (Å²) in [6, 6.07) is 17.8. The number of nitrogens with zero attached hydrogens (tertiary/aromatic N) is 4. The molecule has 126 valence electrons. The summed E-state index contributed by atoms with van der Waals surface area (Å²) in [5, 5.41) is 0. The van der Waals surface area contributed by atoms with E-state index in [1.807, 2.05) is 65.7 Å². The summed E-state index contributed by atoms with van der Waals surface area (Å²) >= 11 is 0. The molecular weight excluding hydrogens is 312 g/mol. The van der Waals surface area contributed by atoms with Crippen LogP contribution in [0.2, 0.25) is 0 Å². The van der Waals surface area contributed by atoms with Gasteiger partial charge in [0.15, 0.2) is 0 Å². The van der Waals surface area contributed by atoms with Crippen LogP contribution in [0.4, 0.5) is 5.82 Å². The number of carbonyl (C=O) groups is 1. The Hall–Kier alpha value is -2.95. The van der Waals surface area contributed by atoms with Gasteiger partial charge in [-0.25, -0.2) is 4.98 Å². The van der Waals surface area contributed by atoms with E-state index in [2.05, 4.69) is 9.88 Å². The van der Waals surface area contributed by atoms with E-state index < -0.39 is 0 Å². The molecule has 0 spiro atoms. The van der Waals surface area contributed by atoms with Crippen molar-refractivity contribution >= 4 is 22.8 Å². The number of aromatic nitrogens is 2. The van der Waals surface area contributed by atoms with Crippen molar-refractivity contribution in [2.75, 3.05) is 31.1 Å². The van der Waals surface area contributed by atoms with Crippen LogP contribution < -0.4 is 4.90 Å². The van der Waals surface area contributed by atoms with Gasteiger partial charge in [-0.1, -0.05) is 42.5 Å². The first-order chi connectivity index (χ1) is 12.3. The number of hydrogen-bond acceptors (Lipinski definition) is 4. The monoisotopic (exact) mass is 332 g/mol. The minimum atomic E-state index is 0.190. The molecule has 1 fully saturated rings. The van der Waals surface area contributed by atoms with Crippen LogP contribution in [-0.4, -0.2) is 47.0 Å². The predicted molar refractivity (Wildman–Crippen MR) is 98.5 cm³/mol. The highest BCUT2D eigenvalue weighted by atomic mass is 16.2. The molecule has 5 heteroatoms. The van der Waals surface area contributed by atoms with Gasteiger partial charge in [-0.2, -0.15) is 0 Å². The van der Waals surface area contributed by atoms with Crippen LogP contribution in [0.5, 0.6) is 0 Å². The molecular formula is C20H20N4O. The normalized spacial score (nSPS) is 14.7. The molecule has 0 N–H and O–H groups in total. The van der Waals surface area contributed by atoms with E-state index in [4.69, 9.17) is 4.98 Å². The Balaban J connectivity index is 1.39. The van der Waals surface area contributed by atoms with Gasteiger partial charge in [0.2, 0.25) is 5.91 Å². The average molecular weight is 332 g/mol. The van der Waals surface area contributed by atoms with E-state index in [1.165, 1.54) is 0 Å². The fourth-order valence-electron chi connectivity index (χ4n) is 3.17. The zero-order valence-electron chi connectivity index (χ0n) is 14.0. The molecule has 0 atom stereocenters. The summed E-state index contributed by atoms with van der Waals surface area (Å²) in [6.45, 7) is 3.02. The van der Waals surface area contributed by atoms with Crippen molar-refractivity contribution in [2.24, 2.45) is 0 Å². The van der Waals surface area contributed by atoms with Gasteiger partial charge in [-0.3, -0.25) is 9.78 Å². The Bertz CT molecular complexity index is 873. The number of benzene rings is 2. The van der Waals surface area contributed by atoms with Crippen molar-refractivity contribution in [1.29, 1.82) is 0 Å². The van der Waals surface area contributed by atoms with E-state index in [1.54, 1.807) is 0 Å². The third-order valence-electron chi connectivity index (χ3n) is 4.59. The number of hydrogen-bond donors (Lipinski definition) is 0. The van der Waals surface area contributed by atoms with E-state index in [0.717, 1.165) is 48.6 Å². The predicted octanol–water partition coefficient (Wildman–Crippen LogP) is 2.52. The molecule has 1 aliphatic heterocycles. The third-order valence-corrected chi connectivity index (χ3v) is 4.59. The van der Waals surface area contributed by atoms with Crippen molar-refractivity contribution in [3.63, 3.8) is 0 Å². The van der Waals surface area contributed by atoms with E-state index in [9.17, 15) is 4.79 Å². The second-order valence-corrected chi connectivity index (χ2v) is 6.25.